The summed E-state index contributed by atoms with van der Waals surface area (Å²) in [5.74, 6) is -0.251. The number of phenolic OH excluding ortho intramolecular Hbond substituents is 1. The molecule has 0 spiro atoms. The van der Waals surface area contributed by atoms with E-state index in [4.69, 9.17) is 0 Å². The van der Waals surface area contributed by atoms with Gasteiger partial charge >= 0.3 is 0 Å². The summed E-state index contributed by atoms with van der Waals surface area (Å²) in [6, 6.07) is 14.4. The lowest BCUT2D eigenvalue weighted by molar-refractivity contribution is -0.132. The molecule has 0 saturated heterocycles. The molecule has 2 rings (SSSR count). The number of amides is 2. The van der Waals surface area contributed by atoms with Gasteiger partial charge in [0, 0.05) is 43.1 Å². The summed E-state index contributed by atoms with van der Waals surface area (Å²) >= 11 is 1.66. The fourth-order valence-electron chi connectivity index (χ4n) is 2.35. The van der Waals surface area contributed by atoms with Gasteiger partial charge in [-0.15, -0.1) is 11.8 Å². The summed E-state index contributed by atoms with van der Waals surface area (Å²) in [5, 5.41) is 12.1. The van der Waals surface area contributed by atoms with Crippen LogP contribution in [0.15, 0.2) is 53.4 Å². The molecule has 132 valence electrons. The maximum absolute atomic E-state index is 12.2. The smallest absolute Gasteiger partial charge is 0.224 e. The Morgan fingerprint density at radius 3 is 2.60 bits per heavy atom. The van der Waals surface area contributed by atoms with Crippen LogP contribution >= 0.6 is 11.8 Å². The summed E-state index contributed by atoms with van der Waals surface area (Å²) in [4.78, 5) is 26.9. The van der Waals surface area contributed by atoms with Crippen LogP contribution in [0, 0.1) is 0 Å². The first kappa shape index (κ1) is 18.9. The highest BCUT2D eigenvalue weighted by Crippen LogP contribution is 2.17. The number of carbonyl (C=O) groups is 2. The third-order valence-corrected chi connectivity index (χ3v) is 4.40. The summed E-state index contributed by atoms with van der Waals surface area (Å²) in [7, 11) is 1.74. The molecule has 0 aliphatic heterocycles. The number of nitrogens with one attached hydrogen (secondary N) is 1. The molecule has 0 aliphatic rings. The highest BCUT2D eigenvalue weighted by Gasteiger charge is 2.12. The predicted molar refractivity (Wildman–Crippen MR) is 101 cm³/mol. The first-order valence-electron chi connectivity index (χ1n) is 7.93. The standard InChI is InChI=1S/C19H22N2O3S/c1-21(13-14-5-3-8-17(11-14)25-2)19(24)10-9-18(23)20-15-6-4-7-16(22)12-15/h3-8,11-12,22H,9-10,13H2,1-2H3,(H,20,23). The van der Waals surface area contributed by atoms with E-state index >= 15 is 0 Å². The fourth-order valence-corrected chi connectivity index (χ4v) is 2.84. The van der Waals surface area contributed by atoms with Crippen LogP contribution in [0.3, 0.4) is 0 Å². The van der Waals surface area contributed by atoms with Crippen LogP contribution in [-0.4, -0.2) is 35.1 Å². The number of aromatic hydroxyl groups is 1. The quantitative estimate of drug-likeness (QED) is 0.744. The summed E-state index contributed by atoms with van der Waals surface area (Å²) < 4.78 is 0. The first-order valence-corrected chi connectivity index (χ1v) is 9.16. The molecule has 0 fully saturated rings. The van der Waals surface area contributed by atoms with Gasteiger partial charge in [-0.2, -0.15) is 0 Å². The van der Waals surface area contributed by atoms with E-state index in [0.29, 0.717) is 12.2 Å². The van der Waals surface area contributed by atoms with Gasteiger partial charge in [0.1, 0.15) is 5.75 Å². The van der Waals surface area contributed by atoms with Gasteiger partial charge in [-0.05, 0) is 36.1 Å². The summed E-state index contributed by atoms with van der Waals surface area (Å²) in [6.45, 7) is 0.515. The fraction of sp³-hybridized carbons (Fsp3) is 0.263. The molecule has 0 saturated carbocycles. The molecular weight excluding hydrogens is 336 g/mol. The van der Waals surface area contributed by atoms with E-state index in [1.54, 1.807) is 35.8 Å². The van der Waals surface area contributed by atoms with E-state index in [9.17, 15) is 14.7 Å². The average molecular weight is 358 g/mol. The Morgan fingerprint density at radius 1 is 1.12 bits per heavy atom. The van der Waals surface area contributed by atoms with Crippen LogP contribution in [0.5, 0.6) is 5.75 Å². The number of phenols is 1. The SMILES string of the molecule is CSc1cccc(CN(C)C(=O)CCC(=O)Nc2cccc(O)c2)c1. The van der Waals surface area contributed by atoms with E-state index in [2.05, 4.69) is 11.4 Å². The molecule has 0 aromatic heterocycles. The Kier molecular flexibility index (Phi) is 6.89. The van der Waals surface area contributed by atoms with E-state index in [-0.39, 0.29) is 30.4 Å². The maximum Gasteiger partial charge on any atom is 0.224 e. The van der Waals surface area contributed by atoms with E-state index < -0.39 is 0 Å². The van der Waals surface area contributed by atoms with Crippen molar-refractivity contribution in [1.82, 2.24) is 4.90 Å². The molecule has 0 aliphatic carbocycles. The van der Waals surface area contributed by atoms with Crippen molar-refractivity contribution >= 4 is 29.3 Å². The van der Waals surface area contributed by atoms with Crippen molar-refractivity contribution in [3.8, 4) is 5.75 Å². The number of hydrogen-bond acceptors (Lipinski definition) is 4. The highest BCUT2D eigenvalue weighted by atomic mass is 32.2. The van der Waals surface area contributed by atoms with Crippen LogP contribution in [-0.2, 0) is 16.1 Å². The molecule has 2 amide bonds. The second-order valence-corrected chi connectivity index (χ2v) is 6.58. The molecule has 2 N–H and O–H groups in total. The van der Waals surface area contributed by atoms with Crippen molar-refractivity contribution in [1.29, 1.82) is 0 Å². The molecule has 2 aromatic carbocycles. The van der Waals surface area contributed by atoms with E-state index in [1.165, 1.54) is 12.1 Å². The van der Waals surface area contributed by atoms with Crippen LogP contribution in [0.1, 0.15) is 18.4 Å². The third kappa shape index (κ3) is 6.15. The minimum Gasteiger partial charge on any atom is -0.508 e. The van der Waals surface area contributed by atoms with E-state index in [1.807, 2.05) is 24.5 Å². The lowest BCUT2D eigenvalue weighted by atomic mass is 10.2. The Morgan fingerprint density at radius 2 is 1.88 bits per heavy atom. The van der Waals surface area contributed by atoms with Crippen molar-refractivity contribution < 1.29 is 14.7 Å². The van der Waals surface area contributed by atoms with Gasteiger partial charge in [0.05, 0.1) is 0 Å². The topological polar surface area (TPSA) is 69.6 Å². The molecule has 0 atom stereocenters. The average Bonchev–Trinajstić information content (AvgIpc) is 2.59. The van der Waals surface area contributed by atoms with Crippen molar-refractivity contribution in [2.24, 2.45) is 0 Å². The maximum atomic E-state index is 12.2. The second kappa shape index (κ2) is 9.13. The normalized spacial score (nSPS) is 10.3. The molecule has 0 heterocycles. The molecule has 0 bridgehead atoms. The number of nitrogens with zero attached hydrogens (tertiary/aromatic N) is 1. The number of hydrogen-bond donors (Lipinski definition) is 2. The zero-order valence-electron chi connectivity index (χ0n) is 14.4. The van der Waals surface area contributed by atoms with Crippen LogP contribution in [0.25, 0.3) is 0 Å². The zero-order chi connectivity index (χ0) is 18.2. The van der Waals surface area contributed by atoms with Crippen LogP contribution < -0.4 is 5.32 Å². The molecule has 25 heavy (non-hydrogen) atoms. The molecular formula is C19H22N2O3S. The van der Waals surface area contributed by atoms with Crippen LogP contribution in [0.4, 0.5) is 5.69 Å². The number of rotatable bonds is 7. The number of benzene rings is 2. The van der Waals surface area contributed by atoms with E-state index in [0.717, 1.165) is 10.5 Å². The minimum absolute atomic E-state index is 0.0828. The Bertz CT molecular complexity index is 749. The van der Waals surface area contributed by atoms with Crippen LogP contribution in [0.2, 0.25) is 0 Å². The van der Waals surface area contributed by atoms with Gasteiger partial charge in [0.25, 0.3) is 0 Å². The van der Waals surface area contributed by atoms with Gasteiger partial charge in [0.15, 0.2) is 0 Å². The summed E-state index contributed by atoms with van der Waals surface area (Å²) in [5.41, 5.74) is 1.58. The largest absolute Gasteiger partial charge is 0.508 e. The molecule has 5 nitrogen and oxygen atoms in total. The Labute approximate surface area is 152 Å². The van der Waals surface area contributed by atoms with Gasteiger partial charge in [-0.25, -0.2) is 0 Å². The molecule has 0 unspecified atom stereocenters. The number of anilines is 1. The predicted octanol–water partition coefficient (Wildman–Crippen LogP) is 3.49. The lowest BCUT2D eigenvalue weighted by Gasteiger charge is -2.17. The van der Waals surface area contributed by atoms with Gasteiger partial charge in [-0.3, -0.25) is 9.59 Å². The lowest BCUT2D eigenvalue weighted by Crippen LogP contribution is -2.27. The van der Waals surface area contributed by atoms with Crippen molar-refractivity contribution in [3.63, 3.8) is 0 Å². The molecule has 6 heteroatoms. The second-order valence-electron chi connectivity index (χ2n) is 5.70. The minimum atomic E-state index is -0.253. The first-order chi connectivity index (χ1) is 12.0. The Balaban J connectivity index is 1.81. The monoisotopic (exact) mass is 358 g/mol. The number of carbonyl (C=O) groups excluding carboxylic acids is 2. The zero-order valence-corrected chi connectivity index (χ0v) is 15.2. The van der Waals surface area contributed by atoms with Gasteiger partial charge in [-0.1, -0.05) is 18.2 Å². The summed E-state index contributed by atoms with van der Waals surface area (Å²) in [6.07, 6.45) is 2.26. The van der Waals surface area contributed by atoms with Gasteiger partial charge < -0.3 is 15.3 Å². The van der Waals surface area contributed by atoms with Gasteiger partial charge in [0.2, 0.25) is 11.8 Å². The highest BCUT2D eigenvalue weighted by molar-refractivity contribution is 7.98. The third-order valence-electron chi connectivity index (χ3n) is 3.68. The number of thioether (sulfide) groups is 1. The molecule has 0 radical (unpaired) electrons. The molecule has 2 aromatic rings. The van der Waals surface area contributed by atoms with Crippen molar-refractivity contribution in [2.45, 2.75) is 24.3 Å². The van der Waals surface area contributed by atoms with Crippen molar-refractivity contribution in [2.75, 3.05) is 18.6 Å². The van der Waals surface area contributed by atoms with Crippen molar-refractivity contribution in [3.05, 3.63) is 54.1 Å². The Hall–Kier alpha value is -2.47.